The summed E-state index contributed by atoms with van der Waals surface area (Å²) in [6, 6.07) is 6.69. The molecule has 0 saturated heterocycles. The van der Waals surface area contributed by atoms with Crippen LogP contribution in [0.4, 0.5) is 0 Å². The van der Waals surface area contributed by atoms with Gasteiger partial charge in [-0.2, -0.15) is 0 Å². The summed E-state index contributed by atoms with van der Waals surface area (Å²) in [6.07, 6.45) is 0.357. The topological polar surface area (TPSA) is 92.5 Å². The van der Waals surface area contributed by atoms with Crippen molar-refractivity contribution < 1.29 is 13.2 Å². The Bertz CT molecular complexity index is 573. The number of hydrogen-bond donors (Lipinski definition) is 2. The summed E-state index contributed by atoms with van der Waals surface area (Å²) in [5.41, 5.74) is 6.32. The molecule has 0 aliphatic carbocycles. The Morgan fingerprint density at radius 1 is 1.33 bits per heavy atom. The molecule has 0 heterocycles. The lowest BCUT2D eigenvalue weighted by Crippen LogP contribution is -2.30. The van der Waals surface area contributed by atoms with E-state index in [0.29, 0.717) is 31.0 Å². The molecule has 21 heavy (non-hydrogen) atoms. The first kappa shape index (κ1) is 17.6. The zero-order valence-corrected chi connectivity index (χ0v) is 13.3. The van der Waals surface area contributed by atoms with Crippen LogP contribution >= 0.6 is 0 Å². The summed E-state index contributed by atoms with van der Waals surface area (Å²) in [5.74, 6) is -0.0361. The highest BCUT2D eigenvalue weighted by atomic mass is 32.2. The standard InChI is InChI=1S/C14H23N3O3S/c1-16-14(18)6-7-17(2)8-9-21(19,20)13-5-3-4-12(10-13)11-15/h3-5,10H,6-9,11,15H2,1-2H3,(H,16,18). The van der Waals surface area contributed by atoms with Crippen molar-refractivity contribution in [2.75, 3.05) is 32.9 Å². The zero-order valence-electron chi connectivity index (χ0n) is 12.5. The van der Waals surface area contributed by atoms with Crippen LogP contribution in [0.3, 0.4) is 0 Å². The molecule has 0 aliphatic rings. The molecule has 0 spiro atoms. The van der Waals surface area contributed by atoms with Gasteiger partial charge < -0.3 is 16.0 Å². The molecule has 0 saturated carbocycles. The number of sulfone groups is 1. The fourth-order valence-electron chi connectivity index (χ4n) is 1.79. The van der Waals surface area contributed by atoms with E-state index in [0.717, 1.165) is 5.56 Å². The molecule has 0 atom stereocenters. The second-order valence-electron chi connectivity index (χ2n) is 4.90. The average Bonchev–Trinajstić information content (AvgIpc) is 2.50. The maximum absolute atomic E-state index is 12.3. The van der Waals surface area contributed by atoms with E-state index in [1.807, 2.05) is 4.90 Å². The van der Waals surface area contributed by atoms with E-state index in [1.165, 1.54) is 0 Å². The van der Waals surface area contributed by atoms with Gasteiger partial charge in [-0.1, -0.05) is 12.1 Å². The van der Waals surface area contributed by atoms with E-state index >= 15 is 0 Å². The predicted octanol–water partition coefficient (Wildman–Crippen LogP) is -0.0131. The minimum Gasteiger partial charge on any atom is -0.359 e. The molecule has 0 bridgehead atoms. The van der Waals surface area contributed by atoms with Gasteiger partial charge in [-0.25, -0.2) is 8.42 Å². The monoisotopic (exact) mass is 313 g/mol. The molecule has 3 N–H and O–H groups in total. The lowest BCUT2D eigenvalue weighted by Gasteiger charge is -2.16. The Labute approximate surface area is 126 Å². The smallest absolute Gasteiger partial charge is 0.221 e. The second kappa shape index (κ2) is 8.11. The third-order valence-electron chi connectivity index (χ3n) is 3.23. The molecule has 0 radical (unpaired) electrons. The van der Waals surface area contributed by atoms with E-state index < -0.39 is 9.84 Å². The maximum atomic E-state index is 12.3. The van der Waals surface area contributed by atoms with Gasteiger partial charge in [0.15, 0.2) is 9.84 Å². The molecular weight excluding hydrogens is 290 g/mol. The highest BCUT2D eigenvalue weighted by molar-refractivity contribution is 7.91. The summed E-state index contributed by atoms with van der Waals surface area (Å²) in [4.78, 5) is 13.3. The van der Waals surface area contributed by atoms with Crippen LogP contribution in [0.5, 0.6) is 0 Å². The molecule has 1 rings (SSSR count). The molecule has 0 fully saturated rings. The Kier molecular flexibility index (Phi) is 6.80. The number of nitrogens with zero attached hydrogens (tertiary/aromatic N) is 1. The molecular formula is C14H23N3O3S. The van der Waals surface area contributed by atoms with E-state index in [-0.39, 0.29) is 11.7 Å². The van der Waals surface area contributed by atoms with Gasteiger partial charge in [0.25, 0.3) is 0 Å². The van der Waals surface area contributed by atoms with Crippen LogP contribution in [0, 0.1) is 0 Å². The van der Waals surface area contributed by atoms with Crippen molar-refractivity contribution in [2.45, 2.75) is 17.9 Å². The average molecular weight is 313 g/mol. The van der Waals surface area contributed by atoms with Gasteiger partial charge in [-0.05, 0) is 24.7 Å². The van der Waals surface area contributed by atoms with Crippen molar-refractivity contribution >= 4 is 15.7 Å². The molecule has 118 valence electrons. The second-order valence-corrected chi connectivity index (χ2v) is 7.01. The Morgan fingerprint density at radius 3 is 2.67 bits per heavy atom. The molecule has 1 aromatic carbocycles. The summed E-state index contributed by atoms with van der Waals surface area (Å²) in [5, 5.41) is 2.54. The Balaban J connectivity index is 2.58. The number of rotatable bonds is 8. The van der Waals surface area contributed by atoms with Crippen LogP contribution in [-0.2, 0) is 21.2 Å². The van der Waals surface area contributed by atoms with Crippen LogP contribution in [0.2, 0.25) is 0 Å². The minimum absolute atomic E-state index is 0.0191. The summed E-state index contributed by atoms with van der Waals surface area (Å²) in [7, 11) is 0.0511. The van der Waals surface area contributed by atoms with Crippen molar-refractivity contribution in [1.29, 1.82) is 0 Å². The first-order chi connectivity index (χ1) is 9.89. The van der Waals surface area contributed by atoms with Crippen molar-refractivity contribution in [3.8, 4) is 0 Å². The largest absolute Gasteiger partial charge is 0.359 e. The number of nitrogens with one attached hydrogen (secondary N) is 1. The molecule has 6 nitrogen and oxygen atoms in total. The van der Waals surface area contributed by atoms with E-state index in [9.17, 15) is 13.2 Å². The maximum Gasteiger partial charge on any atom is 0.221 e. The SMILES string of the molecule is CNC(=O)CCN(C)CCS(=O)(=O)c1cccc(CN)c1. The number of amides is 1. The molecule has 1 aromatic rings. The van der Waals surface area contributed by atoms with Crippen molar-refractivity contribution in [2.24, 2.45) is 5.73 Å². The van der Waals surface area contributed by atoms with Crippen LogP contribution in [0.15, 0.2) is 29.2 Å². The van der Waals surface area contributed by atoms with Crippen LogP contribution in [0.25, 0.3) is 0 Å². The third-order valence-corrected chi connectivity index (χ3v) is 4.93. The minimum atomic E-state index is -3.33. The van der Waals surface area contributed by atoms with Gasteiger partial charge >= 0.3 is 0 Å². The fraction of sp³-hybridized carbons (Fsp3) is 0.500. The number of benzene rings is 1. The van der Waals surface area contributed by atoms with Crippen molar-refractivity contribution in [3.05, 3.63) is 29.8 Å². The molecule has 0 aromatic heterocycles. The lowest BCUT2D eigenvalue weighted by molar-refractivity contribution is -0.120. The molecule has 1 amide bonds. The Morgan fingerprint density at radius 2 is 2.05 bits per heavy atom. The van der Waals surface area contributed by atoms with Crippen LogP contribution in [0.1, 0.15) is 12.0 Å². The first-order valence-electron chi connectivity index (χ1n) is 6.80. The summed E-state index contributed by atoms with van der Waals surface area (Å²) in [6.45, 7) is 1.22. The zero-order chi connectivity index (χ0) is 15.9. The number of carbonyl (C=O) groups is 1. The first-order valence-corrected chi connectivity index (χ1v) is 8.45. The van der Waals surface area contributed by atoms with Crippen molar-refractivity contribution in [1.82, 2.24) is 10.2 Å². The van der Waals surface area contributed by atoms with E-state index in [1.54, 1.807) is 38.4 Å². The normalized spacial score (nSPS) is 11.6. The number of nitrogens with two attached hydrogens (primary N) is 1. The summed E-state index contributed by atoms with van der Waals surface area (Å²) >= 11 is 0. The lowest BCUT2D eigenvalue weighted by atomic mass is 10.2. The van der Waals surface area contributed by atoms with Gasteiger partial charge in [-0.15, -0.1) is 0 Å². The van der Waals surface area contributed by atoms with Gasteiger partial charge in [0.05, 0.1) is 10.6 Å². The van der Waals surface area contributed by atoms with Gasteiger partial charge in [0.2, 0.25) is 5.91 Å². The molecule has 0 unspecified atom stereocenters. The van der Waals surface area contributed by atoms with E-state index in [4.69, 9.17) is 5.73 Å². The highest BCUT2D eigenvalue weighted by Gasteiger charge is 2.15. The fourth-order valence-corrected chi connectivity index (χ4v) is 3.19. The van der Waals surface area contributed by atoms with E-state index in [2.05, 4.69) is 5.32 Å². The summed E-state index contributed by atoms with van der Waals surface area (Å²) < 4.78 is 24.5. The van der Waals surface area contributed by atoms with Gasteiger partial charge in [0, 0.05) is 33.1 Å². The van der Waals surface area contributed by atoms with Crippen molar-refractivity contribution in [3.63, 3.8) is 0 Å². The third kappa shape index (κ3) is 5.82. The predicted molar refractivity (Wildman–Crippen MR) is 82.6 cm³/mol. The quantitative estimate of drug-likeness (QED) is 0.704. The Hall–Kier alpha value is -1.44. The van der Waals surface area contributed by atoms with Crippen LogP contribution < -0.4 is 11.1 Å². The molecule has 0 aliphatic heterocycles. The highest BCUT2D eigenvalue weighted by Crippen LogP contribution is 2.13. The van der Waals surface area contributed by atoms with Gasteiger partial charge in [0.1, 0.15) is 0 Å². The number of hydrogen-bond acceptors (Lipinski definition) is 5. The molecule has 7 heteroatoms. The number of carbonyl (C=O) groups excluding carboxylic acids is 1. The van der Waals surface area contributed by atoms with Crippen LogP contribution in [-0.4, -0.2) is 52.2 Å². The van der Waals surface area contributed by atoms with Gasteiger partial charge in [-0.3, -0.25) is 4.79 Å².